The first-order valence-electron chi connectivity index (χ1n) is 19.2. The molecular formula is C44H40ClF3N4O6. The van der Waals surface area contributed by atoms with Crippen molar-refractivity contribution in [1.82, 2.24) is 4.90 Å². The van der Waals surface area contributed by atoms with Gasteiger partial charge in [-0.3, -0.25) is 19.4 Å². The summed E-state index contributed by atoms with van der Waals surface area (Å²) in [6, 6.07) is 16.9. The maximum Gasteiger partial charge on any atom is 0.400 e. The summed E-state index contributed by atoms with van der Waals surface area (Å²) >= 11 is 6.47. The van der Waals surface area contributed by atoms with E-state index in [1.807, 2.05) is 30.0 Å². The molecule has 0 spiro atoms. The van der Waals surface area contributed by atoms with E-state index in [1.54, 1.807) is 47.6 Å². The minimum Gasteiger partial charge on any atom is -0.507 e. The van der Waals surface area contributed by atoms with Crippen LogP contribution in [0.5, 0.6) is 17.2 Å². The van der Waals surface area contributed by atoms with Crippen LogP contribution in [-0.4, -0.2) is 72.3 Å². The molecule has 3 atom stereocenters. The molecule has 2 N–H and O–H groups in total. The van der Waals surface area contributed by atoms with E-state index in [0.29, 0.717) is 67.5 Å². The molecule has 3 amide bonds. The number of hydrogen-bond donors (Lipinski definition) is 2. The van der Waals surface area contributed by atoms with Gasteiger partial charge in [-0.05, 0) is 79.0 Å². The number of aromatic hydroxyl groups is 1. The molecule has 3 aliphatic heterocycles. The third-order valence-electron chi connectivity index (χ3n) is 12.6. The van der Waals surface area contributed by atoms with Crippen LogP contribution in [0.3, 0.4) is 0 Å². The SMILES string of the molecule is COc1cc2c(cc1OCC13CC(C(=O)N4C[C@@H](CCl)c5c4cc(O)c4cccc(C)c54)(C1)C3)N=C[C@@H]1CC(c3ccc(NC(=O)C(C)C(F)(F)F)cc3)=CN1C2=O. The second-order valence-corrected chi connectivity index (χ2v) is 16.8. The Morgan fingerprint density at radius 2 is 1.83 bits per heavy atom. The molecule has 58 heavy (non-hydrogen) atoms. The molecule has 0 radical (unpaired) electrons. The summed E-state index contributed by atoms with van der Waals surface area (Å²) in [5.41, 5.74) is 4.72. The number of ether oxygens (including phenoxy) is 2. The first kappa shape index (κ1) is 38.0. The van der Waals surface area contributed by atoms with E-state index in [0.717, 1.165) is 45.6 Å². The number of hydrogen-bond acceptors (Lipinski definition) is 7. The molecular weight excluding hydrogens is 773 g/mol. The van der Waals surface area contributed by atoms with Crippen molar-refractivity contribution in [3.8, 4) is 17.2 Å². The maximum absolute atomic E-state index is 14.2. The van der Waals surface area contributed by atoms with Crippen LogP contribution < -0.4 is 19.7 Å². The Kier molecular flexibility index (Phi) is 8.84. The van der Waals surface area contributed by atoms with Gasteiger partial charge in [0, 0.05) is 65.8 Å². The molecule has 10 rings (SSSR count). The average molecular weight is 813 g/mol. The number of nitrogens with zero attached hydrogens (tertiary/aromatic N) is 3. The molecule has 3 saturated carbocycles. The summed E-state index contributed by atoms with van der Waals surface area (Å²) in [6.45, 7) is 3.66. The van der Waals surface area contributed by atoms with Gasteiger partial charge < -0.3 is 29.7 Å². The first-order valence-corrected chi connectivity index (χ1v) is 19.7. The predicted molar refractivity (Wildman–Crippen MR) is 214 cm³/mol. The second-order valence-electron chi connectivity index (χ2n) is 16.5. The van der Waals surface area contributed by atoms with Gasteiger partial charge in [0.05, 0.1) is 42.1 Å². The number of alkyl halides is 4. The minimum absolute atomic E-state index is 0.0399. The third-order valence-corrected chi connectivity index (χ3v) is 13.0. The lowest BCUT2D eigenvalue weighted by Crippen LogP contribution is -2.70. The van der Waals surface area contributed by atoms with Crippen molar-refractivity contribution in [2.75, 3.05) is 36.4 Å². The quantitative estimate of drug-likeness (QED) is 0.163. The van der Waals surface area contributed by atoms with Gasteiger partial charge >= 0.3 is 6.18 Å². The largest absolute Gasteiger partial charge is 0.507 e. The van der Waals surface area contributed by atoms with E-state index < -0.39 is 23.4 Å². The lowest BCUT2D eigenvalue weighted by atomic mass is 9.35. The van der Waals surface area contributed by atoms with Crippen LogP contribution >= 0.6 is 11.6 Å². The molecule has 6 aliphatic rings. The molecule has 2 bridgehead atoms. The number of methoxy groups -OCH3 is 1. The van der Waals surface area contributed by atoms with Gasteiger partial charge in [0.25, 0.3) is 5.91 Å². The molecule has 4 aromatic carbocycles. The molecule has 14 heteroatoms. The molecule has 3 heterocycles. The van der Waals surface area contributed by atoms with Crippen LogP contribution in [0.2, 0.25) is 0 Å². The van der Waals surface area contributed by atoms with Crippen molar-refractivity contribution in [2.24, 2.45) is 21.7 Å². The van der Waals surface area contributed by atoms with E-state index in [9.17, 15) is 32.7 Å². The Morgan fingerprint density at radius 1 is 1.09 bits per heavy atom. The number of aryl methyl sites for hydroxylation is 1. The highest BCUT2D eigenvalue weighted by Crippen LogP contribution is 2.74. The molecule has 4 aromatic rings. The Labute approximate surface area is 337 Å². The molecule has 300 valence electrons. The van der Waals surface area contributed by atoms with Gasteiger partial charge in [0.2, 0.25) is 11.8 Å². The van der Waals surface area contributed by atoms with Crippen LogP contribution in [0.15, 0.2) is 71.9 Å². The number of anilines is 2. The Bertz CT molecular complexity index is 2460. The number of nitrogens with one attached hydrogen (secondary N) is 1. The number of phenolic OH excluding ortho intramolecular Hbond substituents is 1. The van der Waals surface area contributed by atoms with Crippen LogP contribution in [0.1, 0.15) is 65.6 Å². The molecule has 0 aromatic heterocycles. The highest BCUT2D eigenvalue weighted by molar-refractivity contribution is 6.19. The summed E-state index contributed by atoms with van der Waals surface area (Å²) in [5.74, 6) is -2.21. The van der Waals surface area contributed by atoms with E-state index in [1.165, 1.54) is 19.2 Å². The number of carbonyl (C=O) groups is 3. The first-order chi connectivity index (χ1) is 27.6. The van der Waals surface area contributed by atoms with Crippen molar-refractivity contribution < 1.29 is 42.1 Å². The van der Waals surface area contributed by atoms with Crippen LogP contribution in [0, 0.1) is 23.7 Å². The number of aliphatic imine (C=N–C) groups is 1. The van der Waals surface area contributed by atoms with Crippen molar-refractivity contribution >= 4 is 68.9 Å². The smallest absolute Gasteiger partial charge is 0.400 e. The highest BCUT2D eigenvalue weighted by atomic mass is 35.5. The third kappa shape index (κ3) is 5.99. The maximum atomic E-state index is 14.2. The fourth-order valence-electron chi connectivity index (χ4n) is 9.65. The van der Waals surface area contributed by atoms with Crippen LogP contribution in [0.4, 0.5) is 30.2 Å². The Hall–Kier alpha value is -5.56. The predicted octanol–water partition coefficient (Wildman–Crippen LogP) is 8.89. The van der Waals surface area contributed by atoms with Crippen LogP contribution in [-0.2, 0) is 9.59 Å². The summed E-state index contributed by atoms with van der Waals surface area (Å²) in [6.07, 6.45) is 1.31. The van der Waals surface area contributed by atoms with E-state index >= 15 is 0 Å². The summed E-state index contributed by atoms with van der Waals surface area (Å²) < 4.78 is 50.9. The molecule has 3 aliphatic carbocycles. The Morgan fingerprint density at radius 3 is 2.52 bits per heavy atom. The van der Waals surface area contributed by atoms with E-state index in [2.05, 4.69) is 10.3 Å². The van der Waals surface area contributed by atoms with E-state index in [-0.39, 0.29) is 40.6 Å². The molecule has 1 unspecified atom stereocenters. The van der Waals surface area contributed by atoms with Gasteiger partial charge in [0.1, 0.15) is 11.7 Å². The monoisotopic (exact) mass is 812 g/mol. The highest BCUT2D eigenvalue weighted by Gasteiger charge is 2.72. The normalized spacial score (nSPS) is 24.5. The zero-order valence-corrected chi connectivity index (χ0v) is 32.7. The van der Waals surface area contributed by atoms with Gasteiger partial charge in [-0.15, -0.1) is 11.6 Å². The fraction of sp³-hybridized carbons (Fsp3) is 0.364. The lowest BCUT2D eigenvalue weighted by molar-refractivity contribution is -0.215. The second kappa shape index (κ2) is 13.5. The zero-order chi connectivity index (χ0) is 40.9. The number of amides is 3. The van der Waals surface area contributed by atoms with Crippen molar-refractivity contribution in [2.45, 2.75) is 57.7 Å². The number of rotatable bonds is 9. The zero-order valence-electron chi connectivity index (χ0n) is 32.0. The summed E-state index contributed by atoms with van der Waals surface area (Å²) in [7, 11) is 1.50. The molecule has 0 saturated heterocycles. The molecule has 10 nitrogen and oxygen atoms in total. The number of fused-ring (bicyclic) bond motifs is 5. The van der Waals surface area contributed by atoms with Crippen molar-refractivity contribution in [3.05, 3.63) is 89.1 Å². The molecule has 3 fully saturated rings. The fourth-order valence-corrected chi connectivity index (χ4v) is 9.90. The van der Waals surface area contributed by atoms with Crippen molar-refractivity contribution in [1.29, 1.82) is 0 Å². The lowest BCUT2D eigenvalue weighted by Gasteiger charge is -2.69. The van der Waals surface area contributed by atoms with Crippen LogP contribution in [0.25, 0.3) is 16.3 Å². The number of phenols is 1. The van der Waals surface area contributed by atoms with E-state index in [4.69, 9.17) is 21.1 Å². The average Bonchev–Trinajstić information content (AvgIpc) is 3.74. The van der Waals surface area contributed by atoms with Gasteiger partial charge in [0.15, 0.2) is 11.5 Å². The standard InChI is InChI=1S/C44H40ClF3N4O6/c1-23-5-4-6-30-34(53)14-33-38(37(23)30)27(15-45)18-52(33)41(56)43-19-42(20-43,21-43)22-58-36-13-32-31(12-35(36)57-3)40(55)51-17-26(11-29(51)16-49-32)25-7-9-28(10-8-25)50-39(54)24(2)44(46,47)48/h4-10,12-14,16-17,24,27,29,53H,11,15,18-22H2,1-3H3,(H,50,54)/t24?,27-,29+,42?,43?/m1/s1. The van der Waals surface area contributed by atoms with Gasteiger partial charge in [-0.1, -0.05) is 30.3 Å². The number of benzene rings is 4. The topological polar surface area (TPSA) is 121 Å². The van der Waals surface area contributed by atoms with Gasteiger partial charge in [-0.25, -0.2) is 0 Å². The summed E-state index contributed by atoms with van der Waals surface area (Å²) in [5, 5.41) is 15.0. The summed E-state index contributed by atoms with van der Waals surface area (Å²) in [4.78, 5) is 48.3. The van der Waals surface area contributed by atoms with Gasteiger partial charge in [-0.2, -0.15) is 13.2 Å². The number of halogens is 4. The number of carbonyl (C=O) groups excluding carboxylic acids is 3. The Balaban J connectivity index is 0.863. The minimum atomic E-state index is -4.64. The van der Waals surface area contributed by atoms with Crippen molar-refractivity contribution in [3.63, 3.8) is 0 Å².